The molecule has 5 heteroatoms. The Hall–Kier alpha value is -2.71. The van der Waals surface area contributed by atoms with E-state index in [2.05, 4.69) is 5.32 Å². The highest BCUT2D eigenvalue weighted by Crippen LogP contribution is 2.21. The van der Waals surface area contributed by atoms with Crippen molar-refractivity contribution in [2.75, 3.05) is 5.32 Å². The smallest absolute Gasteiger partial charge is 0.291 e. The zero-order chi connectivity index (χ0) is 14.7. The van der Waals surface area contributed by atoms with Gasteiger partial charge in [0.2, 0.25) is 0 Å². The largest absolute Gasteiger partial charge is 0.451 e. The second-order valence-electron chi connectivity index (χ2n) is 4.32. The third-order valence-electron chi connectivity index (χ3n) is 2.92. The molecule has 102 valence electrons. The van der Waals surface area contributed by atoms with E-state index in [1.54, 1.807) is 30.3 Å². The number of thioether (sulfide) groups is 1. The summed E-state index contributed by atoms with van der Waals surface area (Å²) in [7, 11) is 0. The predicted molar refractivity (Wildman–Crippen MR) is 82.1 cm³/mol. The highest BCUT2D eigenvalue weighted by atomic mass is 32.2. The number of benzene rings is 2. The number of para-hydroxylation sites is 1. The van der Waals surface area contributed by atoms with Gasteiger partial charge in [-0.15, -0.1) is 0 Å². The third-order valence-corrected chi connectivity index (χ3v) is 3.52. The third kappa shape index (κ3) is 2.91. The van der Waals surface area contributed by atoms with Crippen molar-refractivity contribution in [1.82, 2.24) is 0 Å². The van der Waals surface area contributed by atoms with Crippen LogP contribution in [0.1, 0.15) is 10.6 Å². The molecule has 3 aromatic rings. The van der Waals surface area contributed by atoms with Crippen LogP contribution in [0.15, 0.2) is 63.9 Å². The first-order chi connectivity index (χ1) is 10.3. The normalized spacial score (nSPS) is 10.2. The lowest BCUT2D eigenvalue weighted by Crippen LogP contribution is -2.10. The number of rotatable bonds is 3. The van der Waals surface area contributed by atoms with Crippen LogP contribution < -0.4 is 5.32 Å². The summed E-state index contributed by atoms with van der Waals surface area (Å²) in [4.78, 5) is 13.0. The van der Waals surface area contributed by atoms with Crippen LogP contribution in [0, 0.1) is 10.7 Å². The molecule has 0 aliphatic heterocycles. The van der Waals surface area contributed by atoms with Gasteiger partial charge < -0.3 is 9.73 Å². The molecular formula is C16H10N2O2S. The second-order valence-corrected chi connectivity index (χ2v) is 5.18. The number of hydrogen-bond acceptors (Lipinski definition) is 4. The minimum absolute atomic E-state index is 0.270. The Bertz CT molecular complexity index is 798. The van der Waals surface area contributed by atoms with E-state index in [0.717, 1.165) is 22.0 Å². The van der Waals surface area contributed by atoms with Crippen LogP contribution >= 0.6 is 11.8 Å². The van der Waals surface area contributed by atoms with Gasteiger partial charge in [0.1, 0.15) is 11.0 Å². The number of thiocyanates is 1. The molecule has 3 rings (SSSR count). The minimum Gasteiger partial charge on any atom is -0.451 e. The zero-order valence-corrected chi connectivity index (χ0v) is 11.7. The highest BCUT2D eigenvalue weighted by molar-refractivity contribution is 8.03. The molecule has 0 bridgehead atoms. The van der Waals surface area contributed by atoms with Gasteiger partial charge in [0.05, 0.1) is 0 Å². The first kappa shape index (κ1) is 13.3. The highest BCUT2D eigenvalue weighted by Gasteiger charge is 2.12. The molecule has 0 unspecified atom stereocenters. The fourth-order valence-corrected chi connectivity index (χ4v) is 2.32. The topological polar surface area (TPSA) is 66.0 Å². The van der Waals surface area contributed by atoms with Crippen molar-refractivity contribution in [2.45, 2.75) is 4.90 Å². The minimum atomic E-state index is -0.299. The van der Waals surface area contributed by atoms with E-state index >= 15 is 0 Å². The molecule has 0 fully saturated rings. The fraction of sp³-hybridized carbons (Fsp3) is 0. The molecule has 0 saturated carbocycles. The number of fused-ring (bicyclic) bond motifs is 1. The molecule has 0 aliphatic rings. The van der Waals surface area contributed by atoms with Gasteiger partial charge in [-0.3, -0.25) is 4.79 Å². The number of carbonyl (C=O) groups excluding carboxylic acids is 1. The van der Waals surface area contributed by atoms with Crippen LogP contribution in [-0.2, 0) is 0 Å². The fourth-order valence-electron chi connectivity index (χ4n) is 1.95. The molecule has 2 aromatic carbocycles. The molecule has 4 nitrogen and oxygen atoms in total. The number of amides is 1. The molecule has 1 amide bonds. The summed E-state index contributed by atoms with van der Waals surface area (Å²) in [6.07, 6.45) is 0. The molecule has 1 aromatic heterocycles. The van der Waals surface area contributed by atoms with Gasteiger partial charge in [0.15, 0.2) is 5.76 Å². The maximum Gasteiger partial charge on any atom is 0.291 e. The number of hydrogen-bond donors (Lipinski definition) is 1. The van der Waals surface area contributed by atoms with E-state index in [1.165, 1.54) is 0 Å². The van der Waals surface area contributed by atoms with Gasteiger partial charge in [0, 0.05) is 16.0 Å². The molecule has 21 heavy (non-hydrogen) atoms. The van der Waals surface area contributed by atoms with Gasteiger partial charge in [-0.2, -0.15) is 5.26 Å². The molecule has 0 radical (unpaired) electrons. The van der Waals surface area contributed by atoms with E-state index in [1.807, 2.05) is 29.7 Å². The molecule has 0 spiro atoms. The lowest BCUT2D eigenvalue weighted by atomic mass is 10.2. The Kier molecular flexibility index (Phi) is 3.63. The monoisotopic (exact) mass is 294 g/mol. The van der Waals surface area contributed by atoms with Crippen LogP contribution in [0.4, 0.5) is 5.69 Å². The summed E-state index contributed by atoms with van der Waals surface area (Å²) >= 11 is 1.08. The molecule has 0 saturated heterocycles. The van der Waals surface area contributed by atoms with Crippen molar-refractivity contribution in [2.24, 2.45) is 0 Å². The number of nitrogens with zero attached hydrogens (tertiary/aromatic N) is 1. The summed E-state index contributed by atoms with van der Waals surface area (Å²) in [5, 5.41) is 14.2. The first-order valence-electron chi connectivity index (χ1n) is 6.22. The van der Waals surface area contributed by atoms with Gasteiger partial charge in [-0.05, 0) is 48.2 Å². The molecule has 0 aliphatic carbocycles. The summed E-state index contributed by atoms with van der Waals surface area (Å²) in [5.74, 6) is -0.0291. The average Bonchev–Trinajstić information content (AvgIpc) is 2.94. The van der Waals surface area contributed by atoms with Crippen molar-refractivity contribution in [3.05, 3.63) is 60.4 Å². The number of furan rings is 1. The molecule has 1 N–H and O–H groups in total. The Morgan fingerprint density at radius 2 is 1.90 bits per heavy atom. The maximum absolute atomic E-state index is 12.1. The Morgan fingerprint density at radius 3 is 2.62 bits per heavy atom. The Labute approximate surface area is 125 Å². The Balaban J connectivity index is 1.78. The van der Waals surface area contributed by atoms with E-state index < -0.39 is 0 Å². The average molecular weight is 294 g/mol. The van der Waals surface area contributed by atoms with Crippen molar-refractivity contribution < 1.29 is 9.21 Å². The van der Waals surface area contributed by atoms with Crippen LogP contribution in [0.5, 0.6) is 0 Å². The van der Waals surface area contributed by atoms with Gasteiger partial charge in [-0.25, -0.2) is 0 Å². The number of anilines is 1. The number of nitriles is 1. The van der Waals surface area contributed by atoms with Crippen molar-refractivity contribution >= 4 is 34.3 Å². The first-order valence-corrected chi connectivity index (χ1v) is 7.04. The van der Waals surface area contributed by atoms with Crippen molar-refractivity contribution in [3.8, 4) is 5.40 Å². The summed E-state index contributed by atoms with van der Waals surface area (Å²) < 4.78 is 5.51. The lowest BCUT2D eigenvalue weighted by molar-refractivity contribution is 0.0998. The standard InChI is InChI=1S/C16H10N2O2S/c17-10-21-13-7-5-12(6-8-13)18-16(19)15-9-11-3-1-2-4-14(11)20-15/h1-9H,(H,18,19). The quantitative estimate of drug-likeness (QED) is 0.579. The second kappa shape index (κ2) is 5.73. The maximum atomic E-state index is 12.1. The summed E-state index contributed by atoms with van der Waals surface area (Å²) in [6.45, 7) is 0. The number of carbonyl (C=O) groups is 1. The Morgan fingerprint density at radius 1 is 1.14 bits per heavy atom. The zero-order valence-electron chi connectivity index (χ0n) is 10.9. The van der Waals surface area contributed by atoms with E-state index in [9.17, 15) is 4.79 Å². The van der Waals surface area contributed by atoms with Crippen LogP contribution in [0.3, 0.4) is 0 Å². The van der Waals surface area contributed by atoms with Crippen LogP contribution in [0.25, 0.3) is 11.0 Å². The van der Waals surface area contributed by atoms with Crippen LogP contribution in [0.2, 0.25) is 0 Å². The predicted octanol–water partition coefficient (Wildman–Crippen LogP) is 4.26. The number of nitrogens with one attached hydrogen (secondary N) is 1. The van der Waals surface area contributed by atoms with Crippen molar-refractivity contribution in [1.29, 1.82) is 5.26 Å². The van der Waals surface area contributed by atoms with Gasteiger partial charge in [-0.1, -0.05) is 18.2 Å². The SMILES string of the molecule is N#CSc1ccc(NC(=O)c2cc3ccccc3o2)cc1. The van der Waals surface area contributed by atoms with Gasteiger partial charge >= 0.3 is 0 Å². The summed E-state index contributed by atoms with van der Waals surface area (Å²) in [6, 6.07) is 16.2. The van der Waals surface area contributed by atoms with E-state index in [-0.39, 0.29) is 11.7 Å². The lowest BCUT2D eigenvalue weighted by Gasteiger charge is -2.03. The van der Waals surface area contributed by atoms with Crippen LogP contribution in [-0.4, -0.2) is 5.91 Å². The molecule has 0 atom stereocenters. The van der Waals surface area contributed by atoms with Gasteiger partial charge in [0.25, 0.3) is 5.91 Å². The summed E-state index contributed by atoms with van der Waals surface area (Å²) in [5.41, 5.74) is 1.34. The molecular weight excluding hydrogens is 284 g/mol. The van der Waals surface area contributed by atoms with E-state index in [4.69, 9.17) is 9.68 Å². The molecule has 1 heterocycles. The van der Waals surface area contributed by atoms with E-state index in [0.29, 0.717) is 11.3 Å². The van der Waals surface area contributed by atoms with Crippen molar-refractivity contribution in [3.63, 3.8) is 0 Å².